The van der Waals surface area contributed by atoms with Gasteiger partial charge in [-0.15, -0.1) is 23.1 Å². The number of rotatable bonds is 1. The van der Waals surface area contributed by atoms with E-state index in [1.165, 1.54) is 9.58 Å². The highest BCUT2D eigenvalue weighted by molar-refractivity contribution is 7.98. The van der Waals surface area contributed by atoms with Gasteiger partial charge in [0.1, 0.15) is 5.75 Å². The van der Waals surface area contributed by atoms with Crippen molar-refractivity contribution in [3.05, 3.63) is 23.1 Å². The molecule has 0 bridgehead atoms. The molecule has 2 rings (SSSR count). The molecule has 0 spiro atoms. The summed E-state index contributed by atoms with van der Waals surface area (Å²) in [5, 5.41) is 10.7. The number of hydrogen-bond donors (Lipinski definition) is 1. The Kier molecular flexibility index (Phi) is 2.22. The van der Waals surface area contributed by atoms with Crippen molar-refractivity contribution in [2.45, 2.75) is 11.8 Å². The zero-order valence-corrected chi connectivity index (χ0v) is 9.13. The van der Waals surface area contributed by atoms with Gasteiger partial charge < -0.3 is 5.11 Å². The fraction of sp³-hybridized carbons (Fsp3) is 0.200. The van der Waals surface area contributed by atoms with Gasteiger partial charge in [-0.3, -0.25) is 0 Å². The molecule has 1 nitrogen and oxygen atoms in total. The number of hydrogen-bond acceptors (Lipinski definition) is 3. The van der Waals surface area contributed by atoms with Crippen LogP contribution in [0, 0.1) is 6.92 Å². The molecular formula is C10H10OS2. The minimum absolute atomic E-state index is 0.395. The summed E-state index contributed by atoms with van der Waals surface area (Å²) in [6, 6.07) is 5.97. The maximum Gasteiger partial charge on any atom is 0.125 e. The van der Waals surface area contributed by atoms with Crippen molar-refractivity contribution in [3.63, 3.8) is 0 Å². The van der Waals surface area contributed by atoms with Crippen LogP contribution in [0.4, 0.5) is 0 Å². The van der Waals surface area contributed by atoms with Crippen molar-refractivity contribution in [3.8, 4) is 5.75 Å². The maximum absolute atomic E-state index is 9.69. The normalized spacial score (nSPS) is 10.9. The zero-order valence-electron chi connectivity index (χ0n) is 7.50. The minimum atomic E-state index is 0.395. The summed E-state index contributed by atoms with van der Waals surface area (Å²) in [5.74, 6) is 0.395. The number of fused-ring (bicyclic) bond motifs is 1. The molecule has 0 aliphatic rings. The van der Waals surface area contributed by atoms with E-state index in [4.69, 9.17) is 0 Å². The van der Waals surface area contributed by atoms with Crippen LogP contribution in [0.1, 0.15) is 4.88 Å². The highest BCUT2D eigenvalue weighted by Crippen LogP contribution is 2.35. The molecule has 2 aromatic rings. The summed E-state index contributed by atoms with van der Waals surface area (Å²) < 4.78 is 1.17. The molecule has 1 N–H and O–H groups in total. The van der Waals surface area contributed by atoms with Crippen LogP contribution in [0.2, 0.25) is 0 Å². The third-order valence-electron chi connectivity index (χ3n) is 1.95. The largest absolute Gasteiger partial charge is 0.507 e. The fourth-order valence-corrected chi connectivity index (χ4v) is 2.86. The average Bonchev–Trinajstić information content (AvgIpc) is 2.46. The van der Waals surface area contributed by atoms with Gasteiger partial charge in [-0.05, 0) is 31.4 Å². The Balaban J connectivity index is 2.75. The molecule has 0 fully saturated rings. The van der Waals surface area contributed by atoms with Crippen molar-refractivity contribution < 1.29 is 5.11 Å². The van der Waals surface area contributed by atoms with Crippen LogP contribution in [0.5, 0.6) is 5.75 Å². The Morgan fingerprint density at radius 3 is 2.77 bits per heavy atom. The zero-order chi connectivity index (χ0) is 9.42. The van der Waals surface area contributed by atoms with Crippen molar-refractivity contribution >= 4 is 33.2 Å². The van der Waals surface area contributed by atoms with Crippen molar-refractivity contribution in [2.24, 2.45) is 0 Å². The Labute approximate surface area is 85.4 Å². The molecule has 13 heavy (non-hydrogen) atoms. The van der Waals surface area contributed by atoms with Crippen LogP contribution in [0.15, 0.2) is 23.1 Å². The van der Waals surface area contributed by atoms with Crippen LogP contribution in [0.25, 0.3) is 10.1 Å². The first-order valence-electron chi connectivity index (χ1n) is 3.98. The van der Waals surface area contributed by atoms with Crippen LogP contribution in [0.3, 0.4) is 0 Å². The number of phenolic OH excluding ortho intramolecular Hbond substituents is 1. The summed E-state index contributed by atoms with van der Waals surface area (Å²) in [4.78, 5) is 2.36. The van der Waals surface area contributed by atoms with E-state index >= 15 is 0 Å². The number of aryl methyl sites for hydroxylation is 1. The molecule has 1 aromatic heterocycles. The number of thioether (sulfide) groups is 1. The van der Waals surface area contributed by atoms with Crippen molar-refractivity contribution in [1.29, 1.82) is 0 Å². The van der Waals surface area contributed by atoms with Crippen LogP contribution >= 0.6 is 23.1 Å². The van der Waals surface area contributed by atoms with Gasteiger partial charge in [0.2, 0.25) is 0 Å². The predicted molar refractivity (Wildman–Crippen MR) is 60.0 cm³/mol. The van der Waals surface area contributed by atoms with E-state index in [1.54, 1.807) is 23.1 Å². The summed E-state index contributed by atoms with van der Waals surface area (Å²) in [5.41, 5.74) is 0. The van der Waals surface area contributed by atoms with Gasteiger partial charge in [0, 0.05) is 19.9 Å². The maximum atomic E-state index is 9.69. The lowest BCUT2D eigenvalue weighted by Gasteiger charge is -1.98. The molecule has 0 atom stereocenters. The first-order chi connectivity index (χ1) is 6.20. The average molecular weight is 210 g/mol. The molecule has 3 heteroatoms. The van der Waals surface area contributed by atoms with E-state index in [2.05, 4.69) is 13.0 Å². The standard InChI is InChI=1S/C10H10OS2/c1-6-3-8-9(11)4-7(12-2)5-10(8)13-6/h3-5,11H,1-2H3. The van der Waals surface area contributed by atoms with Crippen molar-refractivity contribution in [1.82, 2.24) is 0 Å². The van der Waals surface area contributed by atoms with Gasteiger partial charge in [-0.1, -0.05) is 0 Å². The molecule has 1 aromatic carbocycles. The number of thiophene rings is 1. The molecule has 0 saturated carbocycles. The second-order valence-corrected chi connectivity index (χ2v) is 5.08. The molecule has 1 heterocycles. The quantitative estimate of drug-likeness (QED) is 0.725. The predicted octanol–water partition coefficient (Wildman–Crippen LogP) is 3.64. The summed E-state index contributed by atoms with van der Waals surface area (Å²) in [6.45, 7) is 2.06. The SMILES string of the molecule is CSc1cc(O)c2cc(C)sc2c1. The molecule has 0 aliphatic heterocycles. The fourth-order valence-electron chi connectivity index (χ4n) is 1.34. The molecule has 0 saturated heterocycles. The van der Waals surface area contributed by atoms with Crippen LogP contribution in [-0.2, 0) is 0 Å². The summed E-state index contributed by atoms with van der Waals surface area (Å²) >= 11 is 3.38. The monoisotopic (exact) mass is 210 g/mol. The van der Waals surface area contributed by atoms with Crippen LogP contribution < -0.4 is 0 Å². The molecule has 0 amide bonds. The van der Waals surface area contributed by atoms with Gasteiger partial charge in [0.15, 0.2) is 0 Å². The third-order valence-corrected chi connectivity index (χ3v) is 3.65. The van der Waals surface area contributed by atoms with Gasteiger partial charge in [-0.25, -0.2) is 0 Å². The lowest BCUT2D eigenvalue weighted by Crippen LogP contribution is -1.70. The smallest absolute Gasteiger partial charge is 0.125 e. The topological polar surface area (TPSA) is 20.2 Å². The Morgan fingerprint density at radius 2 is 2.08 bits per heavy atom. The second-order valence-electron chi connectivity index (χ2n) is 2.92. The summed E-state index contributed by atoms with van der Waals surface area (Å²) in [6.07, 6.45) is 2.01. The van der Waals surface area contributed by atoms with E-state index < -0.39 is 0 Å². The first-order valence-corrected chi connectivity index (χ1v) is 6.02. The van der Waals surface area contributed by atoms with E-state index in [0.717, 1.165) is 10.3 Å². The van der Waals surface area contributed by atoms with E-state index in [0.29, 0.717) is 5.75 Å². The van der Waals surface area contributed by atoms with Gasteiger partial charge >= 0.3 is 0 Å². The Hall–Kier alpha value is -0.670. The summed E-state index contributed by atoms with van der Waals surface area (Å²) in [7, 11) is 0. The Morgan fingerprint density at radius 1 is 1.31 bits per heavy atom. The van der Waals surface area contributed by atoms with Crippen molar-refractivity contribution in [2.75, 3.05) is 6.26 Å². The van der Waals surface area contributed by atoms with Gasteiger partial charge in [0.05, 0.1) is 0 Å². The van der Waals surface area contributed by atoms with Gasteiger partial charge in [0.25, 0.3) is 0 Å². The van der Waals surface area contributed by atoms with Crippen LogP contribution in [-0.4, -0.2) is 11.4 Å². The van der Waals surface area contributed by atoms with Gasteiger partial charge in [-0.2, -0.15) is 0 Å². The molecule has 0 radical (unpaired) electrons. The number of benzene rings is 1. The molecule has 0 aliphatic carbocycles. The lowest BCUT2D eigenvalue weighted by atomic mass is 10.2. The highest BCUT2D eigenvalue weighted by atomic mass is 32.2. The second kappa shape index (κ2) is 3.24. The Bertz CT molecular complexity index is 445. The third kappa shape index (κ3) is 1.54. The van der Waals surface area contributed by atoms with E-state index in [1.807, 2.05) is 18.4 Å². The molecular weight excluding hydrogens is 200 g/mol. The number of phenols is 1. The molecule has 68 valence electrons. The first kappa shape index (κ1) is 8.91. The number of aromatic hydroxyl groups is 1. The highest BCUT2D eigenvalue weighted by Gasteiger charge is 2.05. The lowest BCUT2D eigenvalue weighted by molar-refractivity contribution is 0.480. The minimum Gasteiger partial charge on any atom is -0.507 e. The molecule has 0 unspecified atom stereocenters. The van der Waals surface area contributed by atoms with E-state index in [9.17, 15) is 5.11 Å². The van der Waals surface area contributed by atoms with E-state index in [-0.39, 0.29) is 0 Å².